The van der Waals surface area contributed by atoms with Crippen LogP contribution < -0.4 is 10.3 Å². The molecule has 1 saturated heterocycles. The first-order valence-electron chi connectivity index (χ1n) is 11.6. The van der Waals surface area contributed by atoms with Crippen LogP contribution in [0.4, 0.5) is 11.4 Å². The fraction of sp³-hybridized carbons (Fsp3) is 0.640. The van der Waals surface area contributed by atoms with Gasteiger partial charge >= 0.3 is 0 Å². The fourth-order valence-electron chi connectivity index (χ4n) is 4.50. The van der Waals surface area contributed by atoms with E-state index in [1.807, 2.05) is 43.9 Å². The van der Waals surface area contributed by atoms with Crippen molar-refractivity contribution in [2.24, 2.45) is 0 Å². The first-order chi connectivity index (χ1) is 14.4. The van der Waals surface area contributed by atoms with E-state index in [0.29, 0.717) is 12.6 Å². The van der Waals surface area contributed by atoms with Gasteiger partial charge in [0, 0.05) is 36.9 Å². The third-order valence-electron chi connectivity index (χ3n) is 5.95. The SMILES string of the molecule is C=CCN(Nc1ccc(N2CCC(OC(C)(C)C)C2=O)cc1)C1CCCCCCC1. The fourth-order valence-corrected chi connectivity index (χ4v) is 4.50. The zero-order valence-electron chi connectivity index (χ0n) is 19.0. The van der Waals surface area contributed by atoms with Gasteiger partial charge in [-0.2, -0.15) is 0 Å². The maximum atomic E-state index is 12.8. The number of rotatable bonds is 7. The van der Waals surface area contributed by atoms with Gasteiger partial charge < -0.3 is 15.1 Å². The molecule has 5 nitrogen and oxygen atoms in total. The summed E-state index contributed by atoms with van der Waals surface area (Å²) in [5, 5.41) is 2.33. The lowest BCUT2D eigenvalue weighted by molar-refractivity contribution is -0.135. The highest BCUT2D eigenvalue weighted by atomic mass is 16.5. The summed E-state index contributed by atoms with van der Waals surface area (Å²) < 4.78 is 5.93. The highest BCUT2D eigenvalue weighted by Gasteiger charge is 2.35. The summed E-state index contributed by atoms with van der Waals surface area (Å²) in [7, 11) is 0. The molecule has 5 heteroatoms. The molecule has 1 aromatic rings. The number of anilines is 2. The highest BCUT2D eigenvalue weighted by Crippen LogP contribution is 2.28. The predicted molar refractivity (Wildman–Crippen MR) is 125 cm³/mol. The van der Waals surface area contributed by atoms with Gasteiger partial charge in [-0.1, -0.05) is 38.2 Å². The minimum absolute atomic E-state index is 0.0634. The first-order valence-corrected chi connectivity index (χ1v) is 11.6. The standard InChI is InChI=1S/C25H39N3O2/c1-5-18-28(22-11-9-7-6-8-10-12-22)26-20-13-15-21(16-14-20)27-19-17-23(24(27)29)30-25(2,3)4/h5,13-16,22-23,26H,1,6-12,17-19H2,2-4H3. The molecule has 1 atom stereocenters. The molecule has 0 radical (unpaired) electrons. The van der Waals surface area contributed by atoms with E-state index in [0.717, 1.165) is 24.3 Å². The van der Waals surface area contributed by atoms with E-state index in [2.05, 4.69) is 29.1 Å². The molecule has 1 aliphatic heterocycles. The van der Waals surface area contributed by atoms with Crippen LogP contribution >= 0.6 is 0 Å². The van der Waals surface area contributed by atoms with E-state index in [9.17, 15) is 4.79 Å². The van der Waals surface area contributed by atoms with Crippen LogP contribution in [0.5, 0.6) is 0 Å². The molecule has 3 rings (SSSR count). The molecular formula is C25H39N3O2. The number of amides is 1. The monoisotopic (exact) mass is 413 g/mol. The van der Waals surface area contributed by atoms with Gasteiger partial charge in [0.1, 0.15) is 6.10 Å². The average Bonchev–Trinajstić information content (AvgIpc) is 3.01. The molecule has 0 aromatic heterocycles. The summed E-state index contributed by atoms with van der Waals surface area (Å²) in [4.78, 5) is 14.6. The van der Waals surface area contributed by atoms with Gasteiger partial charge in [-0.3, -0.25) is 4.79 Å². The van der Waals surface area contributed by atoms with E-state index in [-0.39, 0.29) is 17.6 Å². The second kappa shape index (κ2) is 10.5. The van der Waals surface area contributed by atoms with Gasteiger partial charge in [-0.25, -0.2) is 5.01 Å². The summed E-state index contributed by atoms with van der Waals surface area (Å²) in [6.45, 7) is 11.5. The predicted octanol–water partition coefficient (Wildman–Crippen LogP) is 5.53. The Morgan fingerprint density at radius 1 is 1.10 bits per heavy atom. The Labute approximate surface area is 182 Å². The van der Waals surface area contributed by atoms with Crippen LogP contribution in [0.3, 0.4) is 0 Å². The lowest BCUT2D eigenvalue weighted by Gasteiger charge is -2.33. The van der Waals surface area contributed by atoms with Crippen molar-refractivity contribution in [1.29, 1.82) is 0 Å². The molecule has 30 heavy (non-hydrogen) atoms. The van der Waals surface area contributed by atoms with Crippen LogP contribution in [0.2, 0.25) is 0 Å². The van der Waals surface area contributed by atoms with Gasteiger partial charge in [0.2, 0.25) is 0 Å². The van der Waals surface area contributed by atoms with E-state index in [4.69, 9.17) is 4.74 Å². The molecule has 2 fully saturated rings. The Kier molecular flexibility index (Phi) is 7.95. The molecule has 2 aliphatic rings. The molecular weight excluding hydrogens is 374 g/mol. The van der Waals surface area contributed by atoms with E-state index in [1.165, 1.54) is 44.9 Å². The van der Waals surface area contributed by atoms with Crippen molar-refractivity contribution in [3.8, 4) is 0 Å². The number of benzene rings is 1. The molecule has 1 N–H and O–H groups in total. The summed E-state index contributed by atoms with van der Waals surface area (Å²) in [5.74, 6) is 0.0634. The number of carbonyl (C=O) groups is 1. The number of ether oxygens (including phenoxy) is 1. The van der Waals surface area contributed by atoms with Crippen LogP contribution in [-0.2, 0) is 9.53 Å². The maximum Gasteiger partial charge on any atom is 0.256 e. The smallest absolute Gasteiger partial charge is 0.256 e. The zero-order valence-corrected chi connectivity index (χ0v) is 19.0. The molecule has 1 aromatic carbocycles. The van der Waals surface area contributed by atoms with E-state index < -0.39 is 0 Å². The minimum Gasteiger partial charge on any atom is -0.363 e. The summed E-state index contributed by atoms with van der Waals surface area (Å²) in [6, 6.07) is 8.74. The highest BCUT2D eigenvalue weighted by molar-refractivity contribution is 5.98. The zero-order chi connectivity index (χ0) is 21.6. The Bertz CT molecular complexity index is 687. The Morgan fingerprint density at radius 3 is 2.33 bits per heavy atom. The number of hydrogen-bond acceptors (Lipinski definition) is 4. The van der Waals surface area contributed by atoms with Gasteiger partial charge in [-0.15, -0.1) is 6.58 Å². The third-order valence-corrected chi connectivity index (χ3v) is 5.95. The number of hydrazine groups is 1. The molecule has 1 unspecified atom stereocenters. The van der Waals surface area contributed by atoms with Crippen molar-refractivity contribution >= 4 is 17.3 Å². The van der Waals surface area contributed by atoms with Crippen molar-refractivity contribution in [2.45, 2.75) is 89.9 Å². The molecule has 166 valence electrons. The number of hydrogen-bond donors (Lipinski definition) is 1. The van der Waals surface area contributed by atoms with E-state index >= 15 is 0 Å². The Morgan fingerprint density at radius 2 is 1.73 bits per heavy atom. The molecule has 1 heterocycles. The van der Waals surface area contributed by atoms with Crippen molar-refractivity contribution in [2.75, 3.05) is 23.4 Å². The number of nitrogens with zero attached hydrogens (tertiary/aromatic N) is 2. The van der Waals surface area contributed by atoms with Crippen LogP contribution in [0.1, 0.15) is 72.1 Å². The van der Waals surface area contributed by atoms with Crippen LogP contribution in [0.15, 0.2) is 36.9 Å². The van der Waals surface area contributed by atoms with Gasteiger partial charge in [0.25, 0.3) is 5.91 Å². The summed E-state index contributed by atoms with van der Waals surface area (Å²) >= 11 is 0. The largest absolute Gasteiger partial charge is 0.363 e. The van der Waals surface area contributed by atoms with Crippen molar-refractivity contribution in [3.05, 3.63) is 36.9 Å². The second-order valence-electron chi connectivity index (χ2n) is 9.60. The third kappa shape index (κ3) is 6.32. The van der Waals surface area contributed by atoms with Crippen LogP contribution in [0.25, 0.3) is 0 Å². The first kappa shape index (κ1) is 22.8. The molecule has 1 saturated carbocycles. The molecule has 0 spiro atoms. The number of carbonyl (C=O) groups excluding carboxylic acids is 1. The molecule has 1 aliphatic carbocycles. The van der Waals surface area contributed by atoms with E-state index in [1.54, 1.807) is 0 Å². The van der Waals surface area contributed by atoms with Crippen molar-refractivity contribution in [1.82, 2.24) is 5.01 Å². The normalized spacial score (nSPS) is 21.5. The lowest BCUT2D eigenvalue weighted by atomic mass is 9.96. The second-order valence-corrected chi connectivity index (χ2v) is 9.60. The van der Waals surface area contributed by atoms with Gasteiger partial charge in [-0.05, 0) is 57.9 Å². The Hall–Kier alpha value is -1.85. The molecule has 0 bridgehead atoms. The topological polar surface area (TPSA) is 44.8 Å². The quantitative estimate of drug-likeness (QED) is 0.471. The van der Waals surface area contributed by atoms with Crippen LogP contribution in [0, 0.1) is 0 Å². The lowest BCUT2D eigenvalue weighted by Crippen LogP contribution is -2.40. The number of nitrogens with one attached hydrogen (secondary N) is 1. The Balaban J connectivity index is 1.62. The summed E-state index contributed by atoms with van der Waals surface area (Å²) in [5.41, 5.74) is 5.28. The van der Waals surface area contributed by atoms with Gasteiger partial charge in [0.15, 0.2) is 0 Å². The van der Waals surface area contributed by atoms with Gasteiger partial charge in [0.05, 0.1) is 5.60 Å². The summed E-state index contributed by atoms with van der Waals surface area (Å²) in [6.07, 6.45) is 11.5. The molecule has 1 amide bonds. The van der Waals surface area contributed by atoms with Crippen LogP contribution in [-0.4, -0.2) is 41.8 Å². The minimum atomic E-state index is -0.342. The van der Waals surface area contributed by atoms with Crippen molar-refractivity contribution < 1.29 is 9.53 Å². The maximum absolute atomic E-state index is 12.8. The van der Waals surface area contributed by atoms with Crippen molar-refractivity contribution in [3.63, 3.8) is 0 Å². The average molecular weight is 414 g/mol.